The second-order valence-corrected chi connectivity index (χ2v) is 5.44. The summed E-state index contributed by atoms with van der Waals surface area (Å²) in [7, 11) is 4.15. The van der Waals surface area contributed by atoms with Crippen molar-refractivity contribution in [3.05, 3.63) is 24.0 Å². The van der Waals surface area contributed by atoms with Crippen LogP contribution in [0.4, 0.5) is 0 Å². The van der Waals surface area contributed by atoms with Crippen molar-refractivity contribution in [3.63, 3.8) is 0 Å². The monoisotopic (exact) mass is 247 g/mol. The van der Waals surface area contributed by atoms with Crippen LogP contribution in [0.5, 0.6) is 5.75 Å². The number of piperidine rings is 1. The minimum atomic E-state index is 0.589. The van der Waals surface area contributed by atoms with Crippen LogP contribution in [-0.4, -0.2) is 42.7 Å². The molecule has 2 aliphatic rings. The number of ether oxygens (including phenoxy) is 1. The molecule has 98 valence electrons. The lowest BCUT2D eigenvalue weighted by Gasteiger charge is -2.22. The minimum absolute atomic E-state index is 0.589. The van der Waals surface area contributed by atoms with Gasteiger partial charge in [0.15, 0.2) is 0 Å². The molecule has 3 rings (SSSR count). The highest BCUT2D eigenvalue weighted by atomic mass is 16.5. The van der Waals surface area contributed by atoms with Crippen molar-refractivity contribution in [3.8, 4) is 5.75 Å². The van der Waals surface area contributed by atoms with Gasteiger partial charge < -0.3 is 10.1 Å². The Labute approximate surface area is 108 Å². The second kappa shape index (κ2) is 4.86. The Morgan fingerprint density at radius 1 is 1.44 bits per heavy atom. The summed E-state index contributed by atoms with van der Waals surface area (Å²) >= 11 is 0. The van der Waals surface area contributed by atoms with Crippen molar-refractivity contribution in [2.24, 2.45) is 5.92 Å². The van der Waals surface area contributed by atoms with E-state index in [1.807, 2.05) is 25.4 Å². The topological polar surface area (TPSA) is 37.4 Å². The Morgan fingerprint density at radius 3 is 2.94 bits per heavy atom. The van der Waals surface area contributed by atoms with E-state index >= 15 is 0 Å². The van der Waals surface area contributed by atoms with Gasteiger partial charge in [0.05, 0.1) is 11.9 Å². The van der Waals surface area contributed by atoms with Crippen LogP contribution < -0.4 is 10.1 Å². The van der Waals surface area contributed by atoms with Gasteiger partial charge in [0.25, 0.3) is 0 Å². The molecule has 2 fully saturated rings. The van der Waals surface area contributed by atoms with Gasteiger partial charge >= 0.3 is 0 Å². The number of hydrogen-bond acceptors (Lipinski definition) is 4. The number of likely N-dealkylation sites (tertiary alicyclic amines) is 1. The molecule has 4 nitrogen and oxygen atoms in total. The van der Waals surface area contributed by atoms with Crippen LogP contribution in [0.3, 0.4) is 0 Å². The summed E-state index contributed by atoms with van der Waals surface area (Å²) in [5.41, 5.74) is 1.05. The van der Waals surface area contributed by atoms with E-state index in [0.29, 0.717) is 6.04 Å². The number of likely N-dealkylation sites (N-methyl/N-ethyl adjacent to an activating group) is 1. The van der Waals surface area contributed by atoms with Crippen molar-refractivity contribution in [2.45, 2.75) is 31.5 Å². The number of nitrogens with zero attached hydrogens (tertiary/aromatic N) is 2. The Kier molecular flexibility index (Phi) is 3.22. The van der Waals surface area contributed by atoms with E-state index in [9.17, 15) is 0 Å². The van der Waals surface area contributed by atoms with Gasteiger partial charge in [-0.1, -0.05) is 0 Å². The van der Waals surface area contributed by atoms with Crippen molar-refractivity contribution < 1.29 is 4.74 Å². The molecular weight excluding hydrogens is 226 g/mol. The van der Waals surface area contributed by atoms with Crippen molar-refractivity contribution in [1.82, 2.24) is 15.2 Å². The van der Waals surface area contributed by atoms with Crippen molar-refractivity contribution >= 4 is 0 Å². The molecule has 1 N–H and O–H groups in total. The molecule has 18 heavy (non-hydrogen) atoms. The highest BCUT2D eigenvalue weighted by Crippen LogP contribution is 2.46. The van der Waals surface area contributed by atoms with Crippen LogP contribution in [0.1, 0.15) is 18.5 Å². The number of rotatable bonds is 5. The summed E-state index contributed by atoms with van der Waals surface area (Å²) in [6.45, 7) is 1.59. The zero-order chi connectivity index (χ0) is 12.5. The van der Waals surface area contributed by atoms with Crippen molar-refractivity contribution in [1.29, 1.82) is 0 Å². The Bertz CT molecular complexity index is 406. The zero-order valence-corrected chi connectivity index (χ0v) is 11.1. The lowest BCUT2D eigenvalue weighted by Crippen LogP contribution is -2.33. The van der Waals surface area contributed by atoms with E-state index < -0.39 is 0 Å². The maximum atomic E-state index is 5.84. The highest BCUT2D eigenvalue weighted by molar-refractivity contribution is 5.20. The molecule has 1 aliphatic heterocycles. The first kappa shape index (κ1) is 11.9. The largest absolute Gasteiger partial charge is 0.490 e. The van der Waals surface area contributed by atoms with E-state index in [2.05, 4.69) is 22.2 Å². The lowest BCUT2D eigenvalue weighted by atomic mass is 10.2. The van der Waals surface area contributed by atoms with E-state index in [1.165, 1.54) is 12.8 Å². The van der Waals surface area contributed by atoms with Crippen LogP contribution in [0.15, 0.2) is 18.3 Å². The first-order valence-corrected chi connectivity index (χ1v) is 6.72. The van der Waals surface area contributed by atoms with Crippen LogP contribution in [0.25, 0.3) is 0 Å². The first-order chi connectivity index (χ1) is 8.78. The van der Waals surface area contributed by atoms with E-state index in [-0.39, 0.29) is 0 Å². The smallest absolute Gasteiger partial charge is 0.137 e. The maximum absolute atomic E-state index is 5.84. The minimum Gasteiger partial charge on any atom is -0.490 e. The molecule has 0 bridgehead atoms. The Morgan fingerprint density at radius 2 is 2.33 bits per heavy atom. The first-order valence-electron chi connectivity index (χ1n) is 6.72. The van der Waals surface area contributed by atoms with Crippen LogP contribution in [0, 0.1) is 5.92 Å². The lowest BCUT2D eigenvalue weighted by molar-refractivity contribution is 0.176. The van der Waals surface area contributed by atoms with Gasteiger partial charge in [-0.3, -0.25) is 9.88 Å². The summed E-state index contributed by atoms with van der Waals surface area (Å²) < 4.78 is 5.84. The fraction of sp³-hybridized carbons (Fsp3) is 0.643. The standard InChI is InChI=1S/C14H21N3O/c1-15-7-11-3-4-13(8-16-11)18-9-12-5-10-6-14(10)17(12)2/h3-4,8,10,12,14-15H,5-7,9H2,1-2H3. The molecule has 0 aromatic carbocycles. The molecule has 1 aromatic rings. The van der Waals surface area contributed by atoms with Gasteiger partial charge in [-0.05, 0) is 45.0 Å². The normalized spacial score (nSPS) is 30.2. The molecule has 1 aromatic heterocycles. The molecule has 1 saturated carbocycles. The molecule has 1 saturated heterocycles. The number of hydrogen-bond donors (Lipinski definition) is 1. The van der Waals surface area contributed by atoms with Gasteiger partial charge in [-0.2, -0.15) is 0 Å². The Hall–Kier alpha value is -1.13. The molecule has 3 atom stereocenters. The number of aromatic nitrogens is 1. The summed E-state index contributed by atoms with van der Waals surface area (Å²) in [4.78, 5) is 6.83. The summed E-state index contributed by atoms with van der Waals surface area (Å²) in [5, 5.41) is 3.09. The summed E-state index contributed by atoms with van der Waals surface area (Å²) in [6.07, 6.45) is 4.52. The molecule has 0 spiro atoms. The molecule has 0 amide bonds. The molecular formula is C14H21N3O. The van der Waals surface area contributed by atoms with Gasteiger partial charge in [0.1, 0.15) is 12.4 Å². The zero-order valence-electron chi connectivity index (χ0n) is 11.1. The highest BCUT2D eigenvalue weighted by Gasteiger charge is 2.50. The predicted molar refractivity (Wildman–Crippen MR) is 70.6 cm³/mol. The fourth-order valence-electron chi connectivity index (χ4n) is 2.93. The fourth-order valence-corrected chi connectivity index (χ4v) is 2.93. The van der Waals surface area contributed by atoms with Gasteiger partial charge in [0.2, 0.25) is 0 Å². The third-order valence-corrected chi connectivity index (χ3v) is 4.16. The Balaban J connectivity index is 1.50. The molecule has 0 radical (unpaired) electrons. The third kappa shape index (κ3) is 2.35. The maximum Gasteiger partial charge on any atom is 0.137 e. The van der Waals surface area contributed by atoms with E-state index in [1.54, 1.807) is 0 Å². The van der Waals surface area contributed by atoms with E-state index in [4.69, 9.17) is 4.74 Å². The van der Waals surface area contributed by atoms with Crippen LogP contribution >= 0.6 is 0 Å². The van der Waals surface area contributed by atoms with Gasteiger partial charge in [0, 0.05) is 18.6 Å². The molecule has 1 aliphatic carbocycles. The summed E-state index contributed by atoms with van der Waals surface area (Å²) in [5.74, 6) is 1.82. The number of nitrogens with one attached hydrogen (secondary N) is 1. The average Bonchev–Trinajstić information content (AvgIpc) is 3.09. The molecule has 3 unspecified atom stereocenters. The SMILES string of the molecule is CNCc1ccc(OCC2CC3CC3N2C)cn1. The number of pyridine rings is 1. The average molecular weight is 247 g/mol. The second-order valence-electron chi connectivity index (χ2n) is 5.44. The molecule has 4 heteroatoms. The van der Waals surface area contributed by atoms with Gasteiger partial charge in [-0.15, -0.1) is 0 Å². The van der Waals surface area contributed by atoms with Gasteiger partial charge in [-0.25, -0.2) is 0 Å². The van der Waals surface area contributed by atoms with Crippen LogP contribution in [-0.2, 0) is 6.54 Å². The number of fused-ring (bicyclic) bond motifs is 1. The quantitative estimate of drug-likeness (QED) is 0.850. The van der Waals surface area contributed by atoms with Crippen molar-refractivity contribution in [2.75, 3.05) is 20.7 Å². The third-order valence-electron chi connectivity index (χ3n) is 4.16. The summed E-state index contributed by atoms with van der Waals surface area (Å²) in [6, 6.07) is 5.46. The van der Waals surface area contributed by atoms with Crippen LogP contribution in [0.2, 0.25) is 0 Å². The molecule has 2 heterocycles. The van der Waals surface area contributed by atoms with E-state index in [0.717, 1.165) is 36.6 Å². The predicted octanol–water partition coefficient (Wildman–Crippen LogP) is 1.27.